The van der Waals surface area contributed by atoms with Crippen LogP contribution in [0, 0.1) is 0 Å². The summed E-state index contributed by atoms with van der Waals surface area (Å²) in [5, 5.41) is 9.17. The van der Waals surface area contributed by atoms with Crippen LogP contribution in [0.25, 0.3) is 0 Å². The Morgan fingerprint density at radius 3 is 2.50 bits per heavy atom. The Hall–Kier alpha value is -2.83. The zero-order valence-corrected chi connectivity index (χ0v) is 13.6. The molecule has 7 heteroatoms. The topological polar surface area (TPSA) is 59.0 Å². The Balaban J connectivity index is 4.45. The van der Waals surface area contributed by atoms with Gasteiger partial charge < -0.3 is 19.5 Å². The summed E-state index contributed by atoms with van der Waals surface area (Å²) in [4.78, 5) is 13.4. The van der Waals surface area contributed by atoms with Crippen LogP contribution in [0.2, 0.25) is 0 Å². The van der Waals surface area contributed by atoms with Crippen LogP contribution in [0.15, 0.2) is 73.0 Å². The molecule has 0 aromatic heterocycles. The van der Waals surface area contributed by atoms with E-state index in [1.165, 1.54) is 36.3 Å². The van der Waals surface area contributed by atoms with Gasteiger partial charge in [-0.05, 0) is 18.2 Å². The molecule has 1 amide bonds. The molecule has 0 aromatic carbocycles. The lowest BCUT2D eigenvalue weighted by Crippen LogP contribution is -2.27. The standard InChI is InChI=1S/C17H21F2NO4/c1-13(9-6-8-12-24-17(18)19)16(22)20(3)11-7-5-10-15(23-4)14(2)21/h5-10,12,17,21H,1-2,11H2,3-4H3/b7-5+,9-6-,12-8+,15-10+. The number of carbonyl (C=O) groups is 1. The van der Waals surface area contributed by atoms with Gasteiger partial charge in [0.05, 0.1) is 13.4 Å². The van der Waals surface area contributed by atoms with Crippen molar-refractivity contribution < 1.29 is 28.2 Å². The van der Waals surface area contributed by atoms with Crippen molar-refractivity contribution in [2.75, 3.05) is 20.7 Å². The van der Waals surface area contributed by atoms with Gasteiger partial charge in [0.1, 0.15) is 5.76 Å². The van der Waals surface area contributed by atoms with Gasteiger partial charge in [-0.25, -0.2) is 0 Å². The third kappa shape index (κ3) is 9.24. The Bertz CT molecular complexity index is 563. The second kappa shape index (κ2) is 11.7. The van der Waals surface area contributed by atoms with Crippen LogP contribution < -0.4 is 0 Å². The molecular formula is C17H21F2NO4. The molecule has 0 spiro atoms. The Morgan fingerprint density at radius 1 is 1.29 bits per heavy atom. The highest BCUT2D eigenvalue weighted by Crippen LogP contribution is 2.05. The van der Waals surface area contributed by atoms with Crippen molar-refractivity contribution in [1.29, 1.82) is 0 Å². The fourth-order valence-corrected chi connectivity index (χ4v) is 1.38. The number of nitrogens with zero attached hydrogens (tertiary/aromatic N) is 1. The van der Waals surface area contributed by atoms with E-state index in [-0.39, 0.29) is 23.0 Å². The summed E-state index contributed by atoms with van der Waals surface area (Å²) in [6.07, 6.45) is 9.58. The normalized spacial score (nSPS) is 12.3. The highest BCUT2D eigenvalue weighted by Gasteiger charge is 2.08. The predicted octanol–water partition coefficient (Wildman–Crippen LogP) is 3.47. The molecule has 0 saturated carbocycles. The van der Waals surface area contributed by atoms with Gasteiger partial charge in [-0.15, -0.1) is 0 Å². The van der Waals surface area contributed by atoms with Crippen LogP contribution in [0.1, 0.15) is 0 Å². The number of allylic oxidation sites excluding steroid dienone is 4. The van der Waals surface area contributed by atoms with E-state index in [2.05, 4.69) is 17.9 Å². The van der Waals surface area contributed by atoms with Crippen molar-refractivity contribution in [3.8, 4) is 0 Å². The van der Waals surface area contributed by atoms with Crippen LogP contribution in [0.4, 0.5) is 8.78 Å². The van der Waals surface area contributed by atoms with E-state index in [1.54, 1.807) is 19.2 Å². The maximum Gasteiger partial charge on any atom is 0.386 e. The number of likely N-dealkylation sites (N-methyl/N-ethyl adjacent to an activating group) is 1. The molecule has 5 nitrogen and oxygen atoms in total. The van der Waals surface area contributed by atoms with Crippen molar-refractivity contribution >= 4 is 5.91 Å². The lowest BCUT2D eigenvalue weighted by Gasteiger charge is -2.14. The molecular weight excluding hydrogens is 320 g/mol. The molecule has 0 saturated heterocycles. The number of aliphatic hydroxyl groups excluding tert-OH is 1. The monoisotopic (exact) mass is 341 g/mol. The molecule has 0 fully saturated rings. The molecule has 0 aliphatic carbocycles. The van der Waals surface area contributed by atoms with Crippen molar-refractivity contribution in [2.45, 2.75) is 6.61 Å². The zero-order chi connectivity index (χ0) is 18.5. The van der Waals surface area contributed by atoms with Crippen molar-refractivity contribution in [3.63, 3.8) is 0 Å². The molecule has 0 heterocycles. The van der Waals surface area contributed by atoms with Crippen LogP contribution in [0.5, 0.6) is 0 Å². The average molecular weight is 341 g/mol. The SMILES string of the molecule is C=C(/C=C\C=C\OC(F)F)C(=O)N(C)C/C=C/C=C(/OC)C(=C)O. The molecule has 132 valence electrons. The van der Waals surface area contributed by atoms with Gasteiger partial charge >= 0.3 is 6.61 Å². The molecule has 0 bridgehead atoms. The average Bonchev–Trinajstić information content (AvgIpc) is 2.52. The summed E-state index contributed by atoms with van der Waals surface area (Å²) in [6.45, 7) is 4.34. The number of rotatable bonds is 10. The molecule has 0 aliphatic rings. The van der Waals surface area contributed by atoms with Gasteiger partial charge in [0.2, 0.25) is 0 Å². The number of alkyl halides is 2. The maximum atomic E-state index is 12.0. The summed E-state index contributed by atoms with van der Waals surface area (Å²) in [6, 6.07) is 0. The van der Waals surface area contributed by atoms with E-state index in [9.17, 15) is 18.7 Å². The predicted molar refractivity (Wildman–Crippen MR) is 88.1 cm³/mol. The number of methoxy groups -OCH3 is 1. The molecule has 0 aliphatic heterocycles. The second-order valence-electron chi connectivity index (χ2n) is 4.41. The van der Waals surface area contributed by atoms with E-state index < -0.39 is 6.61 Å². The number of hydrogen-bond donors (Lipinski definition) is 1. The summed E-state index contributed by atoms with van der Waals surface area (Å²) in [7, 11) is 2.97. The minimum absolute atomic E-state index is 0.185. The van der Waals surface area contributed by atoms with E-state index in [4.69, 9.17) is 4.74 Å². The van der Waals surface area contributed by atoms with Crippen molar-refractivity contribution in [2.24, 2.45) is 0 Å². The Kier molecular flexibility index (Phi) is 10.3. The fourth-order valence-electron chi connectivity index (χ4n) is 1.38. The summed E-state index contributed by atoms with van der Waals surface area (Å²) >= 11 is 0. The number of carbonyl (C=O) groups excluding carboxylic acids is 1. The van der Waals surface area contributed by atoms with Crippen molar-refractivity contribution in [3.05, 3.63) is 73.0 Å². The largest absolute Gasteiger partial charge is 0.505 e. The van der Waals surface area contributed by atoms with Gasteiger partial charge in [0.25, 0.3) is 5.91 Å². The number of ether oxygens (including phenoxy) is 2. The van der Waals surface area contributed by atoms with Crippen LogP contribution in [-0.2, 0) is 14.3 Å². The second-order valence-corrected chi connectivity index (χ2v) is 4.41. The first-order chi connectivity index (χ1) is 11.3. The first-order valence-corrected chi connectivity index (χ1v) is 6.79. The number of amides is 1. The van der Waals surface area contributed by atoms with Gasteiger partial charge in [0.15, 0.2) is 5.76 Å². The molecule has 0 atom stereocenters. The summed E-state index contributed by atoms with van der Waals surface area (Å²) in [5.41, 5.74) is 0.185. The highest BCUT2D eigenvalue weighted by atomic mass is 19.3. The van der Waals surface area contributed by atoms with Crippen LogP contribution >= 0.6 is 0 Å². The van der Waals surface area contributed by atoms with Gasteiger partial charge in [-0.1, -0.05) is 31.4 Å². The van der Waals surface area contributed by atoms with E-state index in [0.717, 1.165) is 6.26 Å². The lowest BCUT2D eigenvalue weighted by atomic mass is 10.2. The van der Waals surface area contributed by atoms with Gasteiger partial charge in [-0.3, -0.25) is 4.79 Å². The first kappa shape index (κ1) is 21.2. The summed E-state index contributed by atoms with van der Waals surface area (Å²) in [5.74, 6) is -0.319. The minimum Gasteiger partial charge on any atom is -0.505 e. The molecule has 1 N–H and O–H groups in total. The molecule has 0 unspecified atom stereocenters. The quantitative estimate of drug-likeness (QED) is 0.375. The molecule has 0 radical (unpaired) electrons. The number of hydrogen-bond acceptors (Lipinski definition) is 4. The van der Waals surface area contributed by atoms with Crippen LogP contribution in [0.3, 0.4) is 0 Å². The third-order valence-electron chi connectivity index (χ3n) is 2.56. The molecule has 0 aromatic rings. The van der Waals surface area contributed by atoms with E-state index in [1.807, 2.05) is 0 Å². The highest BCUT2D eigenvalue weighted by molar-refractivity contribution is 5.95. The first-order valence-electron chi connectivity index (χ1n) is 6.79. The fraction of sp³-hybridized carbons (Fsp3) is 0.235. The van der Waals surface area contributed by atoms with E-state index in [0.29, 0.717) is 6.54 Å². The number of aliphatic hydroxyl groups is 1. The van der Waals surface area contributed by atoms with Gasteiger partial charge in [-0.2, -0.15) is 8.78 Å². The van der Waals surface area contributed by atoms with Crippen LogP contribution in [-0.4, -0.2) is 43.2 Å². The maximum absolute atomic E-state index is 12.0. The Morgan fingerprint density at radius 2 is 1.96 bits per heavy atom. The lowest BCUT2D eigenvalue weighted by molar-refractivity contribution is -0.125. The van der Waals surface area contributed by atoms with Crippen molar-refractivity contribution in [1.82, 2.24) is 4.90 Å². The smallest absolute Gasteiger partial charge is 0.386 e. The molecule has 0 rings (SSSR count). The minimum atomic E-state index is -2.88. The van der Waals surface area contributed by atoms with E-state index >= 15 is 0 Å². The zero-order valence-electron chi connectivity index (χ0n) is 13.6. The Labute approximate surface area is 140 Å². The summed E-state index contributed by atoms with van der Waals surface area (Å²) < 4.78 is 32.2. The molecule has 24 heavy (non-hydrogen) atoms. The third-order valence-corrected chi connectivity index (χ3v) is 2.56. The van der Waals surface area contributed by atoms with Gasteiger partial charge in [0, 0.05) is 19.2 Å². The number of halogens is 2.